The van der Waals surface area contributed by atoms with Crippen molar-refractivity contribution in [2.24, 2.45) is 0 Å². The third-order valence-corrected chi connectivity index (χ3v) is 4.26. The number of hydrogen-bond acceptors (Lipinski definition) is 4. The number of carboxylic acids is 1. The van der Waals surface area contributed by atoms with Crippen molar-refractivity contribution in [1.82, 2.24) is 9.97 Å². The van der Waals surface area contributed by atoms with Crippen LogP contribution in [-0.2, 0) is 14.3 Å². The van der Waals surface area contributed by atoms with Crippen LogP contribution in [0.25, 0.3) is 34.0 Å². The van der Waals surface area contributed by atoms with Crippen LogP contribution in [0.5, 0.6) is 0 Å². The van der Waals surface area contributed by atoms with E-state index in [-0.39, 0.29) is 30.3 Å². The van der Waals surface area contributed by atoms with Crippen molar-refractivity contribution >= 4 is 45.9 Å². The summed E-state index contributed by atoms with van der Waals surface area (Å²) in [7, 11) is 1.36. The van der Waals surface area contributed by atoms with E-state index in [1.807, 2.05) is 60.9 Å². The number of fused-ring (bicyclic) bond motifs is 2. The van der Waals surface area contributed by atoms with Crippen molar-refractivity contribution in [1.29, 1.82) is 0 Å². The van der Waals surface area contributed by atoms with Crippen LogP contribution in [-0.4, -0.2) is 39.6 Å². The topological polar surface area (TPSA) is 125 Å². The predicted octanol–water partition coefficient (Wildman–Crippen LogP) is 1.45. The predicted molar refractivity (Wildman–Crippen MR) is 116 cm³/mol. The number of ether oxygens (including phenoxy) is 1. The molecule has 0 saturated carbocycles. The van der Waals surface area contributed by atoms with Crippen LogP contribution in [0, 0.1) is 0 Å². The zero-order valence-electron chi connectivity index (χ0n) is 17.2. The molecular weight excluding hydrogens is 391 g/mol. The fraction of sp³-hybridized carbons (Fsp3) is 0.0435. The molecule has 0 spiro atoms. The summed E-state index contributed by atoms with van der Waals surface area (Å²) in [5.74, 6) is -1.28. The normalized spacial score (nSPS) is 10.4. The van der Waals surface area contributed by atoms with Gasteiger partial charge in [-0.05, 0) is 47.5 Å². The smallest absolute Gasteiger partial charge is 0.870 e. The van der Waals surface area contributed by atoms with Gasteiger partial charge in [0.25, 0.3) is 0 Å². The molecule has 0 fully saturated rings. The largest absolute Gasteiger partial charge is 1.00 e. The van der Waals surface area contributed by atoms with Crippen LogP contribution in [0.1, 0.15) is 11.1 Å². The number of rotatable bonds is 4. The Bertz CT molecular complexity index is 1210. The maximum atomic E-state index is 10.9. The molecule has 7 nitrogen and oxygen atoms in total. The summed E-state index contributed by atoms with van der Waals surface area (Å²) in [6, 6.07) is 15.5. The van der Waals surface area contributed by atoms with Crippen molar-refractivity contribution in [2.45, 2.75) is 0 Å². The Hall–Kier alpha value is -3.50. The first-order valence-corrected chi connectivity index (χ1v) is 8.87. The molecule has 154 valence electrons. The first kappa shape index (κ1) is 25.5. The van der Waals surface area contributed by atoms with Gasteiger partial charge in [-0.2, -0.15) is 0 Å². The summed E-state index contributed by atoms with van der Waals surface area (Å²) >= 11 is 0. The number of methoxy groups -OCH3 is 1. The Morgan fingerprint density at radius 1 is 0.839 bits per heavy atom. The van der Waals surface area contributed by atoms with Crippen molar-refractivity contribution in [3.63, 3.8) is 0 Å². The molecule has 0 radical (unpaired) electrons. The molecule has 0 aliphatic carbocycles. The minimum absolute atomic E-state index is 0. The number of benzene rings is 2. The first-order valence-electron chi connectivity index (χ1n) is 8.87. The molecule has 0 atom stereocenters. The van der Waals surface area contributed by atoms with Crippen molar-refractivity contribution in [3.8, 4) is 0 Å². The number of aromatic nitrogens is 2. The molecule has 31 heavy (non-hydrogen) atoms. The molecule has 4 N–H and O–H groups in total. The van der Waals surface area contributed by atoms with Gasteiger partial charge < -0.3 is 25.3 Å². The van der Waals surface area contributed by atoms with Gasteiger partial charge in [-0.15, -0.1) is 0 Å². The number of carbonyl (C=O) groups excluding carboxylic acids is 1. The SMILES string of the molecule is COC(=O)C=Cc1cccc2[nH]ccc12.O=C(O)/C=C/c1cccc2[nH]ccc12.[Li+].[OH-]. The van der Waals surface area contributed by atoms with Gasteiger partial charge in [0.2, 0.25) is 0 Å². The minimum atomic E-state index is -0.933. The number of carboxylic acid groups (broad SMARTS) is 1. The zero-order chi connectivity index (χ0) is 20.6. The molecule has 0 saturated heterocycles. The van der Waals surface area contributed by atoms with Crippen molar-refractivity contribution in [2.75, 3.05) is 7.11 Å². The quantitative estimate of drug-likeness (QED) is 0.266. The van der Waals surface area contributed by atoms with Gasteiger partial charge in [-0.1, -0.05) is 24.3 Å². The number of aromatic amines is 2. The van der Waals surface area contributed by atoms with Gasteiger partial charge >= 0.3 is 30.8 Å². The summed E-state index contributed by atoms with van der Waals surface area (Å²) in [4.78, 5) is 27.5. The minimum Gasteiger partial charge on any atom is -0.870 e. The second kappa shape index (κ2) is 12.3. The van der Waals surface area contributed by atoms with E-state index in [9.17, 15) is 9.59 Å². The van der Waals surface area contributed by atoms with Crippen LogP contribution in [0.15, 0.2) is 73.1 Å². The Balaban J connectivity index is 0.000000292. The molecule has 2 aromatic heterocycles. The maximum Gasteiger partial charge on any atom is 1.00 e. The number of nitrogens with one attached hydrogen (secondary N) is 2. The fourth-order valence-electron chi connectivity index (χ4n) is 2.90. The van der Waals surface area contributed by atoms with E-state index >= 15 is 0 Å². The molecular formula is C23H21LiN2O5. The maximum absolute atomic E-state index is 10.9. The Morgan fingerprint density at radius 2 is 1.32 bits per heavy atom. The molecule has 2 heterocycles. The molecule has 0 aliphatic heterocycles. The number of hydrogen-bond donors (Lipinski definition) is 3. The molecule has 8 heteroatoms. The molecule has 4 aromatic rings. The summed E-state index contributed by atoms with van der Waals surface area (Å²) in [6.07, 6.45) is 9.62. The average Bonchev–Trinajstić information content (AvgIpc) is 3.40. The van der Waals surface area contributed by atoms with Gasteiger partial charge in [0.1, 0.15) is 0 Å². The summed E-state index contributed by atoms with van der Waals surface area (Å²) in [5.41, 5.74) is 3.98. The van der Waals surface area contributed by atoms with Crippen molar-refractivity contribution < 1.29 is 43.8 Å². The second-order valence-electron chi connectivity index (χ2n) is 6.10. The molecule has 2 aromatic carbocycles. The Kier molecular flexibility index (Phi) is 10.1. The Labute approximate surface area is 190 Å². The van der Waals surface area contributed by atoms with Crippen LogP contribution >= 0.6 is 0 Å². The van der Waals surface area contributed by atoms with Gasteiger partial charge in [-0.25, -0.2) is 9.59 Å². The summed E-state index contributed by atoms with van der Waals surface area (Å²) in [6.45, 7) is 0. The number of carbonyl (C=O) groups is 2. The van der Waals surface area contributed by atoms with Gasteiger partial charge in [0.05, 0.1) is 7.11 Å². The van der Waals surface area contributed by atoms with E-state index in [1.54, 1.807) is 12.2 Å². The van der Waals surface area contributed by atoms with Gasteiger partial charge in [-0.3, -0.25) is 0 Å². The summed E-state index contributed by atoms with van der Waals surface area (Å²) in [5, 5.41) is 10.6. The number of H-pyrrole nitrogens is 2. The van der Waals surface area contributed by atoms with E-state index < -0.39 is 5.97 Å². The van der Waals surface area contributed by atoms with E-state index in [0.717, 1.165) is 39.0 Å². The van der Waals surface area contributed by atoms with Crippen LogP contribution in [0.4, 0.5) is 0 Å². The van der Waals surface area contributed by atoms with Crippen molar-refractivity contribution in [3.05, 3.63) is 84.2 Å². The molecule has 0 unspecified atom stereocenters. The molecule has 4 rings (SSSR count). The molecule has 0 amide bonds. The average molecular weight is 412 g/mol. The fourth-order valence-corrected chi connectivity index (χ4v) is 2.90. The standard InChI is InChI=1S/C12H11NO2.C11H9NO2.Li.H2O/c1-15-12(14)6-5-9-3-2-4-11-10(9)7-8-13-11;13-11(14)5-4-8-2-1-3-10-9(8)6-7-12-10;;/h2-8,13H,1H3;1-7,12H,(H,13,14);;1H2/q;;+1;/p-1/b;5-4+;;. The molecule has 0 aliphatic rings. The summed E-state index contributed by atoms with van der Waals surface area (Å²) < 4.78 is 4.53. The van der Waals surface area contributed by atoms with E-state index in [0.29, 0.717) is 0 Å². The Morgan fingerprint density at radius 3 is 1.77 bits per heavy atom. The third-order valence-electron chi connectivity index (χ3n) is 4.26. The van der Waals surface area contributed by atoms with Crippen LogP contribution in [0.2, 0.25) is 0 Å². The van der Waals surface area contributed by atoms with E-state index in [2.05, 4.69) is 14.7 Å². The van der Waals surface area contributed by atoms with E-state index in [1.165, 1.54) is 13.2 Å². The van der Waals surface area contributed by atoms with Gasteiger partial charge in [0, 0.05) is 46.4 Å². The zero-order valence-corrected chi connectivity index (χ0v) is 17.2. The monoisotopic (exact) mass is 412 g/mol. The number of aliphatic carboxylic acids is 1. The number of esters is 1. The van der Waals surface area contributed by atoms with E-state index in [4.69, 9.17) is 5.11 Å². The second-order valence-corrected chi connectivity index (χ2v) is 6.10. The molecule has 0 bridgehead atoms. The van der Waals surface area contributed by atoms with Crippen LogP contribution in [0.3, 0.4) is 0 Å². The van der Waals surface area contributed by atoms with Gasteiger partial charge in [0.15, 0.2) is 0 Å². The first-order chi connectivity index (χ1) is 14.1. The van der Waals surface area contributed by atoms with Crippen LogP contribution < -0.4 is 18.9 Å². The third kappa shape index (κ3) is 6.76.